The molecule has 0 spiro atoms. The van der Waals surface area contributed by atoms with E-state index in [-0.39, 0.29) is 5.91 Å². The van der Waals surface area contributed by atoms with E-state index in [1.165, 1.54) is 0 Å². The molecule has 1 aliphatic rings. The zero-order valence-corrected chi connectivity index (χ0v) is 11.3. The average molecular weight is 266 g/mol. The van der Waals surface area contributed by atoms with Gasteiger partial charge in [0.25, 0.3) is 5.91 Å². The number of hydrogen-bond acceptors (Lipinski definition) is 2. The van der Waals surface area contributed by atoms with Crippen molar-refractivity contribution in [2.45, 2.75) is 32.7 Å². The predicted molar refractivity (Wildman–Crippen MR) is 70.8 cm³/mol. The van der Waals surface area contributed by atoms with E-state index in [1.54, 1.807) is 11.0 Å². The molecule has 18 heavy (non-hydrogen) atoms. The maximum absolute atomic E-state index is 12.3. The lowest BCUT2D eigenvalue weighted by Gasteiger charge is -2.22. The molecule has 4 heteroatoms. The summed E-state index contributed by atoms with van der Waals surface area (Å²) in [5.41, 5.74) is 2.86. The van der Waals surface area contributed by atoms with Gasteiger partial charge in [0, 0.05) is 12.1 Å². The van der Waals surface area contributed by atoms with E-state index in [0.717, 1.165) is 17.5 Å². The highest BCUT2D eigenvalue weighted by Gasteiger charge is 2.33. The van der Waals surface area contributed by atoms with Gasteiger partial charge in [0.2, 0.25) is 5.24 Å². The zero-order chi connectivity index (χ0) is 13.3. The van der Waals surface area contributed by atoms with Crippen molar-refractivity contribution in [2.24, 2.45) is 0 Å². The summed E-state index contributed by atoms with van der Waals surface area (Å²) < 4.78 is 0. The van der Waals surface area contributed by atoms with Gasteiger partial charge in [-0.3, -0.25) is 9.59 Å². The maximum atomic E-state index is 12.3. The number of benzene rings is 1. The van der Waals surface area contributed by atoms with Crippen LogP contribution in [0.25, 0.3) is 0 Å². The van der Waals surface area contributed by atoms with Crippen LogP contribution in [0.1, 0.15) is 34.3 Å². The normalized spacial score (nSPS) is 19.1. The molecule has 0 aromatic heterocycles. The summed E-state index contributed by atoms with van der Waals surface area (Å²) in [6, 6.07) is 5.14. The number of halogens is 1. The van der Waals surface area contributed by atoms with E-state index in [2.05, 4.69) is 0 Å². The summed E-state index contributed by atoms with van der Waals surface area (Å²) in [6.45, 7) is 4.58. The third-order valence-corrected chi connectivity index (χ3v) is 3.78. The largest absolute Gasteiger partial charge is 0.327 e. The van der Waals surface area contributed by atoms with E-state index >= 15 is 0 Å². The molecule has 1 unspecified atom stereocenters. The Hall–Kier alpha value is -1.35. The maximum Gasteiger partial charge on any atom is 0.254 e. The van der Waals surface area contributed by atoms with Crippen LogP contribution >= 0.6 is 11.6 Å². The van der Waals surface area contributed by atoms with Gasteiger partial charge in [-0.15, -0.1) is 0 Å². The fourth-order valence-electron chi connectivity index (χ4n) is 2.29. The second-order valence-electron chi connectivity index (χ2n) is 4.76. The van der Waals surface area contributed by atoms with Crippen LogP contribution in [0.5, 0.6) is 0 Å². The standard InChI is InChI=1S/C14H16ClNO2/c1-9-5-6-11(8-10(9)2)14(18)16-7-3-4-12(16)13(15)17/h5-6,8,12H,3-4,7H2,1-2H3. The first-order valence-corrected chi connectivity index (χ1v) is 6.46. The number of aryl methyl sites for hydroxylation is 2. The Morgan fingerprint density at radius 2 is 2.00 bits per heavy atom. The SMILES string of the molecule is Cc1ccc(C(=O)N2CCCC2C(=O)Cl)cc1C. The van der Waals surface area contributed by atoms with Crippen molar-refractivity contribution < 1.29 is 9.59 Å². The van der Waals surface area contributed by atoms with Gasteiger partial charge < -0.3 is 4.90 Å². The second-order valence-corrected chi connectivity index (χ2v) is 5.13. The zero-order valence-electron chi connectivity index (χ0n) is 10.6. The van der Waals surface area contributed by atoms with Gasteiger partial charge >= 0.3 is 0 Å². The fourth-order valence-corrected chi connectivity index (χ4v) is 2.51. The van der Waals surface area contributed by atoms with Crippen LogP contribution in [0.4, 0.5) is 0 Å². The summed E-state index contributed by atoms with van der Waals surface area (Å²) in [7, 11) is 0. The van der Waals surface area contributed by atoms with Gasteiger partial charge in [0.05, 0.1) is 0 Å². The van der Waals surface area contributed by atoms with E-state index in [4.69, 9.17) is 11.6 Å². The van der Waals surface area contributed by atoms with Crippen molar-refractivity contribution in [1.82, 2.24) is 4.90 Å². The summed E-state index contributed by atoms with van der Waals surface area (Å²) in [6.07, 6.45) is 1.50. The molecule has 1 aromatic rings. The Labute approximate surface area is 112 Å². The van der Waals surface area contributed by atoms with E-state index < -0.39 is 11.3 Å². The Morgan fingerprint density at radius 3 is 2.61 bits per heavy atom. The van der Waals surface area contributed by atoms with Gasteiger partial charge in [-0.2, -0.15) is 0 Å². The molecule has 3 nitrogen and oxygen atoms in total. The Morgan fingerprint density at radius 1 is 1.28 bits per heavy atom. The molecule has 0 N–H and O–H groups in total. The number of likely N-dealkylation sites (tertiary alicyclic amines) is 1. The van der Waals surface area contributed by atoms with Crippen molar-refractivity contribution in [3.8, 4) is 0 Å². The number of rotatable bonds is 2. The Bertz CT molecular complexity index is 499. The van der Waals surface area contributed by atoms with Crippen LogP contribution in [0.15, 0.2) is 18.2 Å². The van der Waals surface area contributed by atoms with Crippen LogP contribution in [0.3, 0.4) is 0 Å². The number of nitrogens with zero attached hydrogens (tertiary/aromatic N) is 1. The molecule has 1 amide bonds. The molecule has 1 fully saturated rings. The van der Waals surface area contributed by atoms with Gasteiger partial charge in [0.1, 0.15) is 6.04 Å². The molecule has 0 aliphatic carbocycles. The molecule has 1 atom stereocenters. The number of carbonyl (C=O) groups excluding carboxylic acids is 2. The quantitative estimate of drug-likeness (QED) is 0.771. The van der Waals surface area contributed by atoms with E-state index in [1.807, 2.05) is 26.0 Å². The molecule has 2 rings (SSSR count). The minimum absolute atomic E-state index is 0.102. The summed E-state index contributed by atoms with van der Waals surface area (Å²) in [5.74, 6) is -0.102. The molecule has 1 heterocycles. The molecule has 0 bridgehead atoms. The number of carbonyl (C=O) groups is 2. The van der Waals surface area contributed by atoms with Crippen molar-refractivity contribution in [3.05, 3.63) is 34.9 Å². The first-order valence-electron chi connectivity index (χ1n) is 6.08. The lowest BCUT2D eigenvalue weighted by atomic mass is 10.1. The number of amides is 1. The lowest BCUT2D eigenvalue weighted by molar-refractivity contribution is -0.115. The van der Waals surface area contributed by atoms with Crippen LogP contribution in [-0.2, 0) is 4.79 Å². The van der Waals surface area contributed by atoms with Gasteiger partial charge in [-0.25, -0.2) is 0 Å². The minimum atomic E-state index is -0.458. The average Bonchev–Trinajstić information content (AvgIpc) is 2.81. The smallest absolute Gasteiger partial charge is 0.254 e. The van der Waals surface area contributed by atoms with Gasteiger partial charge in [-0.1, -0.05) is 6.07 Å². The molecular weight excluding hydrogens is 250 g/mol. The predicted octanol–water partition coefficient (Wildman–Crippen LogP) is 2.67. The number of hydrogen-bond donors (Lipinski definition) is 0. The van der Waals surface area contributed by atoms with Gasteiger partial charge in [-0.05, 0) is 61.5 Å². The highest BCUT2D eigenvalue weighted by Crippen LogP contribution is 2.22. The third kappa shape index (κ3) is 2.41. The van der Waals surface area contributed by atoms with E-state index in [9.17, 15) is 9.59 Å². The lowest BCUT2D eigenvalue weighted by Crippen LogP contribution is -2.38. The summed E-state index contributed by atoms with van der Waals surface area (Å²) >= 11 is 5.53. The molecule has 1 aromatic carbocycles. The molecule has 0 saturated carbocycles. The summed E-state index contributed by atoms with van der Waals surface area (Å²) in [4.78, 5) is 25.2. The monoisotopic (exact) mass is 265 g/mol. The van der Waals surface area contributed by atoms with E-state index in [0.29, 0.717) is 18.5 Å². The van der Waals surface area contributed by atoms with Crippen molar-refractivity contribution in [1.29, 1.82) is 0 Å². The molecule has 96 valence electrons. The van der Waals surface area contributed by atoms with Crippen molar-refractivity contribution in [3.63, 3.8) is 0 Å². The molecule has 0 radical (unpaired) electrons. The fraction of sp³-hybridized carbons (Fsp3) is 0.429. The molecule has 1 aliphatic heterocycles. The Balaban J connectivity index is 2.25. The highest BCUT2D eigenvalue weighted by molar-refractivity contribution is 6.64. The Kier molecular flexibility index (Phi) is 3.71. The first kappa shape index (κ1) is 13.1. The second kappa shape index (κ2) is 5.11. The third-order valence-electron chi connectivity index (χ3n) is 3.53. The van der Waals surface area contributed by atoms with Crippen LogP contribution in [0.2, 0.25) is 0 Å². The van der Waals surface area contributed by atoms with Crippen molar-refractivity contribution >= 4 is 22.8 Å². The van der Waals surface area contributed by atoms with Crippen LogP contribution in [0, 0.1) is 13.8 Å². The van der Waals surface area contributed by atoms with Crippen LogP contribution < -0.4 is 0 Å². The highest BCUT2D eigenvalue weighted by atomic mass is 35.5. The molecule has 1 saturated heterocycles. The summed E-state index contributed by atoms with van der Waals surface area (Å²) in [5, 5.41) is -0.440. The van der Waals surface area contributed by atoms with Crippen LogP contribution in [-0.4, -0.2) is 28.6 Å². The van der Waals surface area contributed by atoms with Gasteiger partial charge in [0.15, 0.2) is 0 Å². The minimum Gasteiger partial charge on any atom is -0.327 e. The first-order chi connectivity index (χ1) is 8.50. The topological polar surface area (TPSA) is 37.4 Å². The van der Waals surface area contributed by atoms with Crippen molar-refractivity contribution in [2.75, 3.05) is 6.54 Å². The molecular formula is C14H16ClNO2.